The highest BCUT2D eigenvalue weighted by atomic mass is 28.3. The van der Waals surface area contributed by atoms with Crippen LogP contribution in [0, 0.1) is 28.6 Å². The van der Waals surface area contributed by atoms with E-state index in [0.29, 0.717) is 6.10 Å². The van der Waals surface area contributed by atoms with Gasteiger partial charge in [0.15, 0.2) is 9.04 Å². The zero-order chi connectivity index (χ0) is 16.3. The van der Waals surface area contributed by atoms with Crippen molar-refractivity contribution in [3.63, 3.8) is 0 Å². The van der Waals surface area contributed by atoms with Gasteiger partial charge in [-0.25, -0.2) is 0 Å². The van der Waals surface area contributed by atoms with Crippen LogP contribution in [0.1, 0.15) is 66.2 Å². The Labute approximate surface area is 138 Å². The summed E-state index contributed by atoms with van der Waals surface area (Å²) in [5.41, 5.74) is -0.433. The minimum absolute atomic E-state index is 0.0733. The minimum atomic E-state index is -1.04. The van der Waals surface area contributed by atoms with E-state index < -0.39 is 14.6 Å². The van der Waals surface area contributed by atoms with Gasteiger partial charge in [0.2, 0.25) is 0 Å². The van der Waals surface area contributed by atoms with Gasteiger partial charge in [0.05, 0.1) is 11.7 Å². The highest BCUT2D eigenvalue weighted by molar-refractivity contribution is 6.48. The van der Waals surface area contributed by atoms with E-state index >= 15 is 0 Å². The van der Waals surface area contributed by atoms with Crippen LogP contribution >= 0.6 is 0 Å². The molecule has 4 aliphatic rings. The van der Waals surface area contributed by atoms with Crippen molar-refractivity contribution in [1.82, 2.24) is 0 Å². The summed E-state index contributed by atoms with van der Waals surface area (Å²) in [5, 5.41) is 11.2. The Morgan fingerprint density at radius 2 is 1.59 bits per heavy atom. The smallest absolute Gasteiger partial charge is 0.171 e. The summed E-state index contributed by atoms with van der Waals surface area (Å²) < 4.78 is 6.62. The second kappa shape index (κ2) is 5.32. The van der Waals surface area contributed by atoms with E-state index in [-0.39, 0.29) is 10.8 Å². The molecule has 0 aromatic heterocycles. The van der Waals surface area contributed by atoms with E-state index in [1.54, 1.807) is 0 Å². The third-order valence-electron chi connectivity index (χ3n) is 7.09. The lowest BCUT2D eigenvalue weighted by Gasteiger charge is -2.63. The first-order chi connectivity index (χ1) is 10.0. The Morgan fingerprint density at radius 1 is 1.05 bits per heavy atom. The Bertz CT molecular complexity index is 410. The quantitative estimate of drug-likeness (QED) is 0.778. The van der Waals surface area contributed by atoms with Crippen molar-refractivity contribution < 1.29 is 9.53 Å². The number of rotatable bonds is 4. The fraction of sp³-hybridized carbons (Fsp3) is 1.00. The molecule has 4 aliphatic carbocycles. The van der Waals surface area contributed by atoms with Gasteiger partial charge in [-0.05, 0) is 87.1 Å². The van der Waals surface area contributed by atoms with Gasteiger partial charge in [-0.1, -0.05) is 20.8 Å². The second-order valence-corrected chi connectivity index (χ2v) is 12.6. The van der Waals surface area contributed by atoms with Gasteiger partial charge in [-0.15, -0.1) is 0 Å². The second-order valence-electron chi connectivity index (χ2n) is 10.3. The van der Waals surface area contributed by atoms with Crippen LogP contribution in [0.3, 0.4) is 0 Å². The van der Waals surface area contributed by atoms with E-state index in [0.717, 1.165) is 24.2 Å². The maximum atomic E-state index is 11.2. The predicted octanol–water partition coefficient (Wildman–Crippen LogP) is 4.37. The molecule has 3 heteroatoms. The van der Waals surface area contributed by atoms with E-state index in [1.165, 1.54) is 32.1 Å². The van der Waals surface area contributed by atoms with Crippen LogP contribution in [0.4, 0.5) is 0 Å². The van der Waals surface area contributed by atoms with Crippen LogP contribution in [-0.2, 0) is 4.43 Å². The molecule has 0 aromatic carbocycles. The highest BCUT2D eigenvalue weighted by Gasteiger charge is 2.60. The third kappa shape index (κ3) is 2.82. The molecule has 0 radical (unpaired) electrons. The molecule has 0 aromatic rings. The summed E-state index contributed by atoms with van der Waals surface area (Å²) in [4.78, 5) is 0. The average Bonchev–Trinajstić information content (AvgIpc) is 2.30. The Kier molecular flexibility index (Phi) is 4.11. The van der Waals surface area contributed by atoms with Gasteiger partial charge in [0, 0.05) is 0 Å². The van der Waals surface area contributed by atoms with Crippen LogP contribution in [0.25, 0.3) is 0 Å². The maximum Gasteiger partial charge on any atom is 0.171 e. The van der Waals surface area contributed by atoms with Crippen molar-refractivity contribution >= 4 is 9.04 Å². The molecule has 1 N–H and O–H groups in total. The first-order valence-electron chi connectivity index (χ1n) is 9.40. The van der Waals surface area contributed by atoms with Gasteiger partial charge < -0.3 is 9.53 Å². The molecule has 4 saturated carbocycles. The van der Waals surface area contributed by atoms with Crippen LogP contribution in [-0.4, -0.2) is 25.9 Å². The Hall–Kier alpha value is 0.137. The predicted molar refractivity (Wildman–Crippen MR) is 94.4 cm³/mol. The molecule has 4 bridgehead atoms. The molecular weight excluding hydrogens is 288 g/mol. The molecule has 0 amide bonds. The largest absolute Gasteiger partial charge is 0.417 e. The van der Waals surface area contributed by atoms with E-state index in [1.807, 2.05) is 0 Å². The highest BCUT2D eigenvalue weighted by Crippen LogP contribution is 2.64. The van der Waals surface area contributed by atoms with E-state index in [2.05, 4.69) is 40.8 Å². The zero-order valence-corrected chi connectivity index (χ0v) is 16.6. The van der Waals surface area contributed by atoms with Crippen LogP contribution < -0.4 is 0 Å². The number of hydrogen-bond donors (Lipinski definition) is 1. The van der Waals surface area contributed by atoms with Crippen molar-refractivity contribution in [3.8, 4) is 0 Å². The summed E-state index contributed by atoms with van der Waals surface area (Å²) in [6.45, 7) is 13.2. The third-order valence-corrected chi connectivity index (χ3v) is 7.93. The fourth-order valence-electron chi connectivity index (χ4n) is 5.91. The minimum Gasteiger partial charge on any atom is -0.417 e. The monoisotopic (exact) mass is 324 g/mol. The normalized spacial score (nSPS) is 43.6. The Balaban J connectivity index is 1.90. The van der Waals surface area contributed by atoms with E-state index in [9.17, 15) is 5.11 Å². The van der Waals surface area contributed by atoms with Gasteiger partial charge >= 0.3 is 0 Å². The first-order valence-corrected chi connectivity index (χ1v) is 12.2. The zero-order valence-electron chi connectivity index (χ0n) is 15.5. The molecule has 22 heavy (non-hydrogen) atoms. The fourth-order valence-corrected chi connectivity index (χ4v) is 7.00. The van der Waals surface area contributed by atoms with E-state index in [4.69, 9.17) is 4.43 Å². The molecule has 128 valence electrons. The van der Waals surface area contributed by atoms with Crippen molar-refractivity contribution in [3.05, 3.63) is 0 Å². The van der Waals surface area contributed by atoms with Gasteiger partial charge in [-0.2, -0.15) is 0 Å². The lowest BCUT2D eigenvalue weighted by atomic mass is 9.45. The first kappa shape index (κ1) is 17.0. The van der Waals surface area contributed by atoms with Crippen molar-refractivity contribution in [2.24, 2.45) is 28.6 Å². The molecule has 0 heterocycles. The Morgan fingerprint density at radius 3 is 2.05 bits per heavy atom. The molecule has 4 rings (SSSR count). The van der Waals surface area contributed by atoms with Crippen LogP contribution in [0.15, 0.2) is 0 Å². The van der Waals surface area contributed by atoms with Gasteiger partial charge in [0.1, 0.15) is 0 Å². The molecule has 4 atom stereocenters. The molecule has 0 spiro atoms. The van der Waals surface area contributed by atoms with Crippen molar-refractivity contribution in [1.29, 1.82) is 0 Å². The summed E-state index contributed by atoms with van der Waals surface area (Å²) in [7, 11) is -1.04. The summed E-state index contributed by atoms with van der Waals surface area (Å²) >= 11 is 0. The van der Waals surface area contributed by atoms with Gasteiger partial charge in [-0.3, -0.25) is 0 Å². The molecule has 0 aliphatic heterocycles. The topological polar surface area (TPSA) is 29.5 Å². The van der Waals surface area contributed by atoms with Crippen molar-refractivity contribution in [2.45, 2.75) is 91.0 Å². The lowest BCUT2D eigenvalue weighted by molar-refractivity contribution is -0.185. The molecule has 4 unspecified atom stereocenters. The molecule has 4 fully saturated rings. The van der Waals surface area contributed by atoms with Crippen molar-refractivity contribution in [2.75, 3.05) is 0 Å². The number of aliphatic hydroxyl groups is 1. The summed E-state index contributed by atoms with van der Waals surface area (Å²) in [5.74, 6) is 2.58. The van der Waals surface area contributed by atoms with Gasteiger partial charge in [0.25, 0.3) is 0 Å². The SMILES string of the molecule is C[SiH](C)OC1C2CC3CC(C2)CC1(CC(C)(O)C(C)(C)C)C3. The lowest BCUT2D eigenvalue weighted by Crippen LogP contribution is -2.60. The number of hydrogen-bond acceptors (Lipinski definition) is 2. The summed E-state index contributed by atoms with van der Waals surface area (Å²) in [6, 6.07) is 0. The molecule has 2 nitrogen and oxygen atoms in total. The van der Waals surface area contributed by atoms with Crippen LogP contribution in [0.5, 0.6) is 0 Å². The average molecular weight is 325 g/mol. The molecule has 0 saturated heterocycles. The molecular formula is C19H36O2Si. The van der Waals surface area contributed by atoms with Crippen LogP contribution in [0.2, 0.25) is 13.1 Å². The maximum absolute atomic E-state index is 11.2. The summed E-state index contributed by atoms with van der Waals surface area (Å²) in [6.07, 6.45) is 8.20. The standard InChI is InChI=1S/C19H36O2Si/c1-17(2,3)18(4,20)12-19-10-13-7-14(11-19)9-15(8-13)16(19)21-22(5)6/h13-16,20,22H,7-12H2,1-6H3.